The summed E-state index contributed by atoms with van der Waals surface area (Å²) in [6, 6.07) is 0.659. The predicted molar refractivity (Wildman–Crippen MR) is 82.4 cm³/mol. The third-order valence-corrected chi connectivity index (χ3v) is 6.55. The van der Waals surface area contributed by atoms with E-state index in [1.54, 1.807) is 0 Å². The molecule has 0 aliphatic heterocycles. The van der Waals surface area contributed by atoms with E-state index < -0.39 is 10.0 Å². The number of nitrogens with zero attached hydrogens (tertiary/aromatic N) is 1. The van der Waals surface area contributed by atoms with E-state index in [9.17, 15) is 8.42 Å². The van der Waals surface area contributed by atoms with Gasteiger partial charge in [-0.2, -0.15) is 0 Å². The molecule has 1 fully saturated rings. The zero-order valence-corrected chi connectivity index (χ0v) is 13.7. The van der Waals surface area contributed by atoms with Crippen LogP contribution in [0.5, 0.6) is 0 Å². The summed E-state index contributed by atoms with van der Waals surface area (Å²) in [5, 5.41) is 1.85. The van der Waals surface area contributed by atoms with E-state index in [1.807, 2.05) is 12.3 Å². The highest BCUT2D eigenvalue weighted by Gasteiger charge is 2.28. The molecular formula is C13H23N3O2S2. The molecule has 0 atom stereocenters. The summed E-state index contributed by atoms with van der Waals surface area (Å²) in [6.07, 6.45) is 2.48. The van der Waals surface area contributed by atoms with Gasteiger partial charge in [0.2, 0.25) is 10.0 Å². The van der Waals surface area contributed by atoms with Gasteiger partial charge in [-0.05, 0) is 37.3 Å². The number of rotatable bonds is 8. The lowest BCUT2D eigenvalue weighted by Crippen LogP contribution is -2.36. The highest BCUT2D eigenvalue weighted by Crippen LogP contribution is 2.27. The smallest absolute Gasteiger partial charge is 0.242 e. The Kier molecular flexibility index (Phi) is 5.19. The van der Waals surface area contributed by atoms with Gasteiger partial charge in [-0.15, -0.1) is 11.3 Å². The molecule has 1 aromatic rings. The topological polar surface area (TPSA) is 75.4 Å². The molecule has 0 aromatic carbocycles. The van der Waals surface area contributed by atoms with Crippen LogP contribution in [-0.2, 0) is 16.6 Å². The average Bonchev–Trinajstić information content (AvgIpc) is 3.17. The molecule has 0 saturated heterocycles. The number of aryl methyl sites for hydroxylation is 1. The Morgan fingerprint density at radius 1 is 1.50 bits per heavy atom. The average molecular weight is 317 g/mol. The minimum absolute atomic E-state index is 0.262. The van der Waals surface area contributed by atoms with Crippen LogP contribution in [-0.4, -0.2) is 39.0 Å². The number of thiophene rings is 1. The quantitative estimate of drug-likeness (QED) is 0.757. The molecule has 7 heteroatoms. The molecule has 0 amide bonds. The maximum absolute atomic E-state index is 12.4. The Bertz CT molecular complexity index is 550. The Hall–Kier alpha value is -0.470. The number of nitrogens with two attached hydrogens (primary N) is 1. The number of nitrogens with one attached hydrogen (secondary N) is 1. The summed E-state index contributed by atoms with van der Waals surface area (Å²) in [5.41, 5.74) is 6.39. The molecule has 114 valence electrons. The molecule has 1 aliphatic carbocycles. The molecule has 3 N–H and O–H groups in total. The minimum atomic E-state index is -3.45. The van der Waals surface area contributed by atoms with Crippen molar-refractivity contribution in [2.24, 2.45) is 5.73 Å². The van der Waals surface area contributed by atoms with Crippen molar-refractivity contribution in [3.05, 3.63) is 15.8 Å². The van der Waals surface area contributed by atoms with Gasteiger partial charge in [0.05, 0.1) is 0 Å². The van der Waals surface area contributed by atoms with E-state index in [4.69, 9.17) is 5.73 Å². The standard InChI is InChI=1S/C13H23N3O2S2/c1-3-16(11-4-5-11)7-6-15-20(17,18)13-10(2)9-19-12(13)8-14/h9,11,15H,3-8,14H2,1-2H3. The predicted octanol–water partition coefficient (Wildman–Crippen LogP) is 1.28. The third-order valence-electron chi connectivity index (χ3n) is 3.60. The van der Waals surface area contributed by atoms with Gasteiger partial charge in [0.1, 0.15) is 4.90 Å². The number of likely N-dealkylation sites (N-methyl/N-ethyl adjacent to an activating group) is 1. The lowest BCUT2D eigenvalue weighted by molar-refractivity contribution is 0.282. The molecule has 5 nitrogen and oxygen atoms in total. The molecule has 20 heavy (non-hydrogen) atoms. The highest BCUT2D eigenvalue weighted by atomic mass is 32.2. The van der Waals surface area contributed by atoms with Crippen LogP contribution in [0.4, 0.5) is 0 Å². The first kappa shape index (κ1) is 15.9. The molecular weight excluding hydrogens is 294 g/mol. The first-order valence-electron chi connectivity index (χ1n) is 7.00. The summed E-state index contributed by atoms with van der Waals surface area (Å²) in [6.45, 7) is 6.37. The van der Waals surface area contributed by atoms with Crippen molar-refractivity contribution in [3.63, 3.8) is 0 Å². The summed E-state index contributed by atoms with van der Waals surface area (Å²) in [5.74, 6) is 0. The first-order chi connectivity index (χ1) is 9.49. The van der Waals surface area contributed by atoms with Crippen LogP contribution in [0.3, 0.4) is 0 Å². The van der Waals surface area contributed by atoms with Gasteiger partial charge in [0.15, 0.2) is 0 Å². The largest absolute Gasteiger partial charge is 0.326 e. The summed E-state index contributed by atoms with van der Waals surface area (Å²) in [4.78, 5) is 3.43. The van der Waals surface area contributed by atoms with Crippen molar-refractivity contribution in [2.45, 2.75) is 44.2 Å². The summed E-state index contributed by atoms with van der Waals surface area (Å²) >= 11 is 1.41. The monoisotopic (exact) mass is 317 g/mol. The van der Waals surface area contributed by atoms with Gasteiger partial charge in [0.25, 0.3) is 0 Å². The Morgan fingerprint density at radius 3 is 2.75 bits per heavy atom. The third kappa shape index (κ3) is 3.59. The van der Waals surface area contributed by atoms with Crippen molar-refractivity contribution < 1.29 is 8.42 Å². The second-order valence-corrected chi connectivity index (χ2v) is 7.80. The van der Waals surface area contributed by atoms with Crippen LogP contribution in [0, 0.1) is 6.92 Å². The van der Waals surface area contributed by atoms with Crippen LogP contribution in [0.1, 0.15) is 30.2 Å². The number of hydrogen-bond donors (Lipinski definition) is 2. The van der Waals surface area contributed by atoms with Crippen molar-refractivity contribution in [3.8, 4) is 0 Å². The van der Waals surface area contributed by atoms with Crippen LogP contribution >= 0.6 is 11.3 Å². The van der Waals surface area contributed by atoms with E-state index in [0.29, 0.717) is 17.5 Å². The first-order valence-corrected chi connectivity index (χ1v) is 9.36. The lowest BCUT2D eigenvalue weighted by atomic mass is 10.3. The molecule has 0 unspecified atom stereocenters. The molecule has 0 radical (unpaired) electrons. The maximum atomic E-state index is 12.4. The molecule has 1 aliphatic rings. The Morgan fingerprint density at radius 2 is 2.20 bits per heavy atom. The fourth-order valence-electron chi connectivity index (χ4n) is 2.42. The van der Waals surface area contributed by atoms with E-state index in [-0.39, 0.29) is 6.54 Å². The number of sulfonamides is 1. The summed E-state index contributed by atoms with van der Waals surface area (Å²) < 4.78 is 27.4. The molecule has 1 heterocycles. The molecule has 2 rings (SSSR count). The molecule has 0 bridgehead atoms. The van der Waals surface area contributed by atoms with E-state index >= 15 is 0 Å². The highest BCUT2D eigenvalue weighted by molar-refractivity contribution is 7.89. The van der Waals surface area contributed by atoms with Crippen molar-refractivity contribution in [1.82, 2.24) is 9.62 Å². The molecule has 1 aromatic heterocycles. The molecule has 1 saturated carbocycles. The second-order valence-electron chi connectivity index (χ2n) is 5.13. The van der Waals surface area contributed by atoms with Crippen LogP contribution in [0.15, 0.2) is 10.3 Å². The Labute approximate surface area is 125 Å². The van der Waals surface area contributed by atoms with Gasteiger partial charge in [0, 0.05) is 30.6 Å². The van der Waals surface area contributed by atoms with Crippen molar-refractivity contribution in [2.75, 3.05) is 19.6 Å². The number of hydrogen-bond acceptors (Lipinski definition) is 5. The zero-order valence-electron chi connectivity index (χ0n) is 12.1. The van der Waals surface area contributed by atoms with Crippen molar-refractivity contribution in [1.29, 1.82) is 0 Å². The molecule has 0 spiro atoms. The van der Waals surface area contributed by atoms with Gasteiger partial charge in [-0.3, -0.25) is 4.90 Å². The van der Waals surface area contributed by atoms with Gasteiger partial charge >= 0.3 is 0 Å². The van der Waals surface area contributed by atoms with Gasteiger partial charge in [-0.25, -0.2) is 13.1 Å². The summed E-state index contributed by atoms with van der Waals surface area (Å²) in [7, 11) is -3.45. The maximum Gasteiger partial charge on any atom is 0.242 e. The lowest BCUT2D eigenvalue weighted by Gasteiger charge is -2.19. The van der Waals surface area contributed by atoms with E-state index in [2.05, 4.69) is 16.5 Å². The fourth-order valence-corrected chi connectivity index (χ4v) is 5.14. The Balaban J connectivity index is 1.98. The normalized spacial score (nSPS) is 16.0. The fraction of sp³-hybridized carbons (Fsp3) is 0.692. The van der Waals surface area contributed by atoms with Crippen molar-refractivity contribution >= 4 is 21.4 Å². The van der Waals surface area contributed by atoms with Gasteiger partial charge < -0.3 is 5.73 Å². The van der Waals surface area contributed by atoms with E-state index in [1.165, 1.54) is 24.2 Å². The van der Waals surface area contributed by atoms with E-state index in [0.717, 1.165) is 23.5 Å². The van der Waals surface area contributed by atoms with Gasteiger partial charge in [-0.1, -0.05) is 6.92 Å². The van der Waals surface area contributed by atoms with Crippen LogP contribution in [0.2, 0.25) is 0 Å². The van der Waals surface area contributed by atoms with Crippen LogP contribution < -0.4 is 10.5 Å². The SMILES string of the molecule is CCN(CCNS(=O)(=O)c1c(C)csc1CN)C1CC1. The minimum Gasteiger partial charge on any atom is -0.326 e. The zero-order chi connectivity index (χ0) is 14.8. The van der Waals surface area contributed by atoms with Crippen LogP contribution in [0.25, 0.3) is 0 Å². The second kappa shape index (κ2) is 6.53.